The molecule has 2 unspecified atom stereocenters. The Kier molecular flexibility index (Phi) is 5.18. The van der Waals surface area contributed by atoms with E-state index >= 15 is 0 Å². The predicted molar refractivity (Wildman–Crippen MR) is 77.3 cm³/mol. The number of nitrogens with zero attached hydrogens (tertiary/aromatic N) is 1. The number of rotatable bonds is 5. The predicted octanol–water partition coefficient (Wildman–Crippen LogP) is 2.43. The van der Waals surface area contributed by atoms with Gasteiger partial charge in [-0.25, -0.2) is 0 Å². The number of thiophene rings is 1. The van der Waals surface area contributed by atoms with Crippen LogP contribution in [0, 0.1) is 6.92 Å². The quantitative estimate of drug-likeness (QED) is 0.887. The first kappa shape index (κ1) is 14.0. The van der Waals surface area contributed by atoms with Crippen molar-refractivity contribution >= 4 is 11.3 Å². The first-order valence-corrected chi connectivity index (χ1v) is 7.62. The van der Waals surface area contributed by atoms with Crippen LogP contribution in [0.15, 0.2) is 12.1 Å². The molecule has 18 heavy (non-hydrogen) atoms. The van der Waals surface area contributed by atoms with Crippen LogP contribution < -0.4 is 5.32 Å². The molecular formula is C14H24N2OS. The van der Waals surface area contributed by atoms with Crippen molar-refractivity contribution in [3.8, 4) is 0 Å². The average molecular weight is 268 g/mol. The van der Waals surface area contributed by atoms with Crippen LogP contribution >= 0.6 is 11.3 Å². The molecule has 0 amide bonds. The Hall–Kier alpha value is -0.420. The summed E-state index contributed by atoms with van der Waals surface area (Å²) in [6.45, 7) is 8.32. The standard InChI is InChI=1S/C14H24N2OS/c1-4-7-15-14(13-6-5-11(2)18-13)12-10-16(3)8-9-17-12/h5-6,12,14-15H,4,7-10H2,1-3H3. The van der Waals surface area contributed by atoms with Gasteiger partial charge in [0.25, 0.3) is 0 Å². The van der Waals surface area contributed by atoms with Crippen molar-refractivity contribution in [3.63, 3.8) is 0 Å². The van der Waals surface area contributed by atoms with Crippen LogP contribution in [0.25, 0.3) is 0 Å². The summed E-state index contributed by atoms with van der Waals surface area (Å²) in [5.41, 5.74) is 0. The zero-order chi connectivity index (χ0) is 13.0. The van der Waals surface area contributed by atoms with Crippen molar-refractivity contribution in [2.24, 2.45) is 0 Å². The largest absolute Gasteiger partial charge is 0.374 e. The molecule has 1 aliphatic heterocycles. The normalized spacial score (nSPS) is 23.2. The van der Waals surface area contributed by atoms with Crippen LogP contribution in [0.3, 0.4) is 0 Å². The highest BCUT2D eigenvalue weighted by Gasteiger charge is 2.28. The lowest BCUT2D eigenvalue weighted by atomic mass is 10.1. The number of likely N-dealkylation sites (N-methyl/N-ethyl adjacent to an activating group) is 1. The maximum Gasteiger partial charge on any atom is 0.0904 e. The van der Waals surface area contributed by atoms with E-state index in [1.165, 1.54) is 9.75 Å². The highest BCUT2D eigenvalue weighted by atomic mass is 32.1. The summed E-state index contributed by atoms with van der Waals surface area (Å²) in [4.78, 5) is 5.13. The van der Waals surface area contributed by atoms with Crippen molar-refractivity contribution in [2.45, 2.75) is 32.4 Å². The molecule has 4 heteroatoms. The van der Waals surface area contributed by atoms with E-state index < -0.39 is 0 Å². The molecule has 0 bridgehead atoms. The molecule has 102 valence electrons. The fourth-order valence-electron chi connectivity index (χ4n) is 2.35. The first-order chi connectivity index (χ1) is 8.70. The van der Waals surface area contributed by atoms with E-state index in [2.05, 4.69) is 43.2 Å². The molecule has 1 aromatic rings. The van der Waals surface area contributed by atoms with Gasteiger partial charge in [-0.15, -0.1) is 11.3 Å². The maximum absolute atomic E-state index is 5.97. The average Bonchev–Trinajstić information content (AvgIpc) is 2.76. The van der Waals surface area contributed by atoms with Crippen LogP contribution in [0.4, 0.5) is 0 Å². The number of hydrogen-bond acceptors (Lipinski definition) is 4. The second-order valence-corrected chi connectivity index (χ2v) is 6.37. The molecule has 0 saturated carbocycles. The third kappa shape index (κ3) is 3.54. The molecule has 2 atom stereocenters. The fourth-order valence-corrected chi connectivity index (χ4v) is 3.35. The molecule has 0 aromatic carbocycles. The summed E-state index contributed by atoms with van der Waals surface area (Å²) >= 11 is 1.88. The Labute approximate surface area is 114 Å². The van der Waals surface area contributed by atoms with Gasteiger partial charge < -0.3 is 15.0 Å². The van der Waals surface area contributed by atoms with Gasteiger partial charge >= 0.3 is 0 Å². The number of morpholine rings is 1. The minimum absolute atomic E-state index is 0.272. The Morgan fingerprint density at radius 1 is 1.56 bits per heavy atom. The number of nitrogens with one attached hydrogen (secondary N) is 1. The molecule has 1 fully saturated rings. The third-order valence-electron chi connectivity index (χ3n) is 3.35. The molecule has 1 saturated heterocycles. The lowest BCUT2D eigenvalue weighted by Gasteiger charge is -2.35. The summed E-state index contributed by atoms with van der Waals surface area (Å²) in [7, 11) is 2.17. The number of aryl methyl sites for hydroxylation is 1. The summed E-state index contributed by atoms with van der Waals surface area (Å²) in [5.74, 6) is 0. The lowest BCUT2D eigenvalue weighted by molar-refractivity contribution is -0.0386. The monoisotopic (exact) mass is 268 g/mol. The molecule has 0 aliphatic carbocycles. The minimum atomic E-state index is 0.272. The minimum Gasteiger partial charge on any atom is -0.374 e. The van der Waals surface area contributed by atoms with E-state index in [0.29, 0.717) is 6.04 Å². The van der Waals surface area contributed by atoms with E-state index in [1.807, 2.05) is 11.3 Å². The number of ether oxygens (including phenoxy) is 1. The van der Waals surface area contributed by atoms with E-state index in [1.54, 1.807) is 0 Å². The van der Waals surface area contributed by atoms with Crippen molar-refractivity contribution in [3.05, 3.63) is 21.9 Å². The van der Waals surface area contributed by atoms with Gasteiger partial charge in [-0.05, 0) is 39.1 Å². The molecule has 0 spiro atoms. The van der Waals surface area contributed by atoms with Gasteiger partial charge in [-0.1, -0.05) is 6.92 Å². The molecule has 2 rings (SSSR count). The van der Waals surface area contributed by atoms with Gasteiger partial charge in [0, 0.05) is 22.8 Å². The Balaban J connectivity index is 2.08. The van der Waals surface area contributed by atoms with Crippen molar-refractivity contribution in [2.75, 3.05) is 33.3 Å². The highest BCUT2D eigenvalue weighted by molar-refractivity contribution is 7.12. The van der Waals surface area contributed by atoms with Gasteiger partial charge in [-0.2, -0.15) is 0 Å². The van der Waals surface area contributed by atoms with Crippen molar-refractivity contribution in [1.82, 2.24) is 10.2 Å². The second kappa shape index (κ2) is 6.66. The first-order valence-electron chi connectivity index (χ1n) is 6.80. The van der Waals surface area contributed by atoms with Crippen LogP contribution in [0.5, 0.6) is 0 Å². The van der Waals surface area contributed by atoms with Gasteiger partial charge in [0.15, 0.2) is 0 Å². The zero-order valence-corrected chi connectivity index (χ0v) is 12.4. The van der Waals surface area contributed by atoms with Crippen molar-refractivity contribution in [1.29, 1.82) is 0 Å². The summed E-state index contributed by atoms with van der Waals surface area (Å²) < 4.78 is 5.97. The molecule has 2 heterocycles. The second-order valence-electron chi connectivity index (χ2n) is 5.05. The Morgan fingerprint density at radius 3 is 3.00 bits per heavy atom. The smallest absolute Gasteiger partial charge is 0.0904 e. The SMILES string of the molecule is CCCNC(c1ccc(C)s1)C1CN(C)CCO1. The lowest BCUT2D eigenvalue weighted by Crippen LogP contribution is -2.46. The summed E-state index contributed by atoms with van der Waals surface area (Å²) in [5, 5.41) is 3.65. The van der Waals surface area contributed by atoms with Gasteiger partial charge in [0.2, 0.25) is 0 Å². The van der Waals surface area contributed by atoms with Crippen molar-refractivity contribution < 1.29 is 4.74 Å². The highest BCUT2D eigenvalue weighted by Crippen LogP contribution is 2.28. The van der Waals surface area contributed by atoms with Crippen LogP contribution in [0.2, 0.25) is 0 Å². The molecule has 0 radical (unpaired) electrons. The summed E-state index contributed by atoms with van der Waals surface area (Å²) in [6.07, 6.45) is 1.43. The molecule has 1 N–H and O–H groups in total. The maximum atomic E-state index is 5.97. The Bertz CT molecular complexity index is 366. The third-order valence-corrected chi connectivity index (χ3v) is 4.43. The molecule has 1 aromatic heterocycles. The van der Waals surface area contributed by atoms with E-state index in [4.69, 9.17) is 4.74 Å². The summed E-state index contributed by atoms with van der Waals surface area (Å²) in [6, 6.07) is 4.78. The van der Waals surface area contributed by atoms with E-state index in [-0.39, 0.29) is 6.10 Å². The van der Waals surface area contributed by atoms with Crippen LogP contribution in [-0.2, 0) is 4.74 Å². The molecular weight excluding hydrogens is 244 g/mol. The van der Waals surface area contributed by atoms with Gasteiger partial charge in [0.05, 0.1) is 18.8 Å². The molecule has 3 nitrogen and oxygen atoms in total. The fraction of sp³-hybridized carbons (Fsp3) is 0.714. The van der Waals surface area contributed by atoms with E-state index in [9.17, 15) is 0 Å². The van der Waals surface area contributed by atoms with Crippen LogP contribution in [0.1, 0.15) is 29.1 Å². The molecule has 1 aliphatic rings. The van der Waals surface area contributed by atoms with Gasteiger partial charge in [0.1, 0.15) is 0 Å². The Morgan fingerprint density at radius 2 is 2.39 bits per heavy atom. The van der Waals surface area contributed by atoms with Crippen LogP contribution in [-0.4, -0.2) is 44.3 Å². The van der Waals surface area contributed by atoms with E-state index in [0.717, 1.165) is 32.7 Å². The number of hydrogen-bond donors (Lipinski definition) is 1. The van der Waals surface area contributed by atoms with Gasteiger partial charge in [-0.3, -0.25) is 0 Å². The topological polar surface area (TPSA) is 24.5 Å². The zero-order valence-electron chi connectivity index (χ0n) is 11.6.